The predicted molar refractivity (Wildman–Crippen MR) is 101 cm³/mol. The van der Waals surface area contributed by atoms with Crippen LogP contribution in [-0.4, -0.2) is 30.9 Å². The van der Waals surface area contributed by atoms with Crippen molar-refractivity contribution >= 4 is 23.2 Å². The fourth-order valence-electron chi connectivity index (χ4n) is 3.80. The van der Waals surface area contributed by atoms with Crippen LogP contribution in [-0.2, 0) is 4.79 Å². The number of anilines is 2. The summed E-state index contributed by atoms with van der Waals surface area (Å²) in [5.74, 6) is 0.127. The SMILES string of the molecule is CC(C)NC(=O)c1cc(NC(=O)C2CCCC2)ccc1N1CCCC1. The van der Waals surface area contributed by atoms with E-state index in [2.05, 4.69) is 15.5 Å². The van der Waals surface area contributed by atoms with E-state index in [-0.39, 0.29) is 23.8 Å². The molecule has 1 aliphatic carbocycles. The summed E-state index contributed by atoms with van der Waals surface area (Å²) in [6, 6.07) is 5.81. The summed E-state index contributed by atoms with van der Waals surface area (Å²) in [5, 5.41) is 5.99. The van der Waals surface area contributed by atoms with Crippen molar-refractivity contribution in [1.82, 2.24) is 5.32 Å². The molecule has 2 amide bonds. The van der Waals surface area contributed by atoms with Gasteiger partial charge < -0.3 is 15.5 Å². The van der Waals surface area contributed by atoms with Gasteiger partial charge in [0.2, 0.25) is 5.91 Å². The van der Waals surface area contributed by atoms with Gasteiger partial charge in [-0.2, -0.15) is 0 Å². The molecule has 1 aromatic carbocycles. The Bertz CT molecular complexity index is 630. The molecule has 1 saturated carbocycles. The highest BCUT2D eigenvalue weighted by Gasteiger charge is 2.24. The zero-order valence-electron chi connectivity index (χ0n) is 15.3. The van der Waals surface area contributed by atoms with Crippen LogP contribution >= 0.6 is 0 Å². The topological polar surface area (TPSA) is 61.4 Å². The predicted octanol–water partition coefficient (Wildman–Crippen LogP) is 3.55. The Labute approximate surface area is 150 Å². The summed E-state index contributed by atoms with van der Waals surface area (Å²) in [5.41, 5.74) is 2.34. The van der Waals surface area contributed by atoms with Gasteiger partial charge in [-0.05, 0) is 57.7 Å². The van der Waals surface area contributed by atoms with Gasteiger partial charge in [0.1, 0.15) is 0 Å². The summed E-state index contributed by atoms with van der Waals surface area (Å²) in [4.78, 5) is 27.3. The number of benzene rings is 1. The van der Waals surface area contributed by atoms with Crippen LogP contribution in [0.4, 0.5) is 11.4 Å². The van der Waals surface area contributed by atoms with Crippen molar-refractivity contribution in [1.29, 1.82) is 0 Å². The Morgan fingerprint density at radius 2 is 1.76 bits per heavy atom. The van der Waals surface area contributed by atoms with Crippen molar-refractivity contribution in [3.8, 4) is 0 Å². The molecular weight excluding hydrogens is 314 g/mol. The van der Waals surface area contributed by atoms with Gasteiger partial charge in [-0.15, -0.1) is 0 Å². The molecule has 1 aromatic rings. The third-order valence-corrected chi connectivity index (χ3v) is 5.10. The molecule has 0 spiro atoms. The molecule has 0 aromatic heterocycles. The van der Waals surface area contributed by atoms with E-state index in [9.17, 15) is 9.59 Å². The van der Waals surface area contributed by atoms with Gasteiger partial charge in [0.15, 0.2) is 0 Å². The fraction of sp³-hybridized carbons (Fsp3) is 0.600. The third kappa shape index (κ3) is 4.33. The maximum Gasteiger partial charge on any atom is 0.253 e. The van der Waals surface area contributed by atoms with Crippen molar-refractivity contribution in [2.45, 2.75) is 58.4 Å². The maximum absolute atomic E-state index is 12.7. The van der Waals surface area contributed by atoms with Gasteiger partial charge in [-0.25, -0.2) is 0 Å². The monoisotopic (exact) mass is 343 g/mol. The largest absolute Gasteiger partial charge is 0.371 e. The van der Waals surface area contributed by atoms with Crippen LogP contribution in [0.2, 0.25) is 0 Å². The zero-order chi connectivity index (χ0) is 17.8. The lowest BCUT2D eigenvalue weighted by molar-refractivity contribution is -0.119. The Morgan fingerprint density at radius 3 is 2.40 bits per heavy atom. The molecule has 5 heteroatoms. The smallest absolute Gasteiger partial charge is 0.253 e. The van der Waals surface area contributed by atoms with Crippen LogP contribution in [0.1, 0.15) is 62.7 Å². The number of nitrogens with one attached hydrogen (secondary N) is 2. The minimum Gasteiger partial charge on any atom is -0.371 e. The molecule has 0 unspecified atom stereocenters. The first-order chi connectivity index (χ1) is 12.0. The molecule has 3 rings (SSSR count). The lowest BCUT2D eigenvalue weighted by Crippen LogP contribution is -2.32. The first-order valence-electron chi connectivity index (χ1n) is 9.55. The van der Waals surface area contributed by atoms with E-state index in [0.29, 0.717) is 11.3 Å². The van der Waals surface area contributed by atoms with E-state index in [1.54, 1.807) is 0 Å². The lowest BCUT2D eigenvalue weighted by Gasteiger charge is -2.22. The molecule has 0 bridgehead atoms. The summed E-state index contributed by atoms with van der Waals surface area (Å²) >= 11 is 0. The molecule has 136 valence electrons. The highest BCUT2D eigenvalue weighted by Crippen LogP contribution is 2.29. The summed E-state index contributed by atoms with van der Waals surface area (Å²) in [6.45, 7) is 5.88. The van der Waals surface area contributed by atoms with Gasteiger partial charge in [-0.3, -0.25) is 9.59 Å². The molecule has 1 saturated heterocycles. The Kier molecular flexibility index (Phi) is 5.61. The summed E-state index contributed by atoms with van der Waals surface area (Å²) in [6.07, 6.45) is 6.52. The quantitative estimate of drug-likeness (QED) is 0.859. The highest BCUT2D eigenvalue weighted by molar-refractivity contribution is 6.02. The van der Waals surface area contributed by atoms with Gasteiger partial charge in [0.05, 0.1) is 5.56 Å². The van der Waals surface area contributed by atoms with Crippen LogP contribution in [0.3, 0.4) is 0 Å². The van der Waals surface area contributed by atoms with Crippen molar-refractivity contribution in [3.63, 3.8) is 0 Å². The number of nitrogens with zero attached hydrogens (tertiary/aromatic N) is 1. The van der Waals surface area contributed by atoms with Crippen molar-refractivity contribution in [2.75, 3.05) is 23.3 Å². The minimum absolute atomic E-state index is 0.0751. The molecule has 2 aliphatic rings. The fourth-order valence-corrected chi connectivity index (χ4v) is 3.80. The Balaban J connectivity index is 1.82. The second-order valence-corrected chi connectivity index (χ2v) is 7.52. The number of amides is 2. The molecule has 0 radical (unpaired) electrons. The van der Waals surface area contributed by atoms with Crippen LogP contribution in [0.15, 0.2) is 18.2 Å². The highest BCUT2D eigenvalue weighted by atomic mass is 16.2. The molecule has 1 aliphatic heterocycles. The van der Waals surface area contributed by atoms with Gasteiger partial charge >= 0.3 is 0 Å². The number of hydrogen-bond acceptors (Lipinski definition) is 3. The molecule has 2 N–H and O–H groups in total. The van der Waals surface area contributed by atoms with Gasteiger partial charge in [-0.1, -0.05) is 12.8 Å². The van der Waals surface area contributed by atoms with E-state index < -0.39 is 0 Å². The van der Waals surface area contributed by atoms with E-state index in [1.165, 1.54) is 0 Å². The van der Waals surface area contributed by atoms with E-state index in [0.717, 1.165) is 57.3 Å². The normalized spacial score (nSPS) is 18.0. The molecule has 0 atom stereocenters. The average Bonchev–Trinajstić information content (AvgIpc) is 3.28. The first kappa shape index (κ1) is 17.8. The molecule has 25 heavy (non-hydrogen) atoms. The van der Waals surface area contributed by atoms with Crippen LogP contribution in [0.5, 0.6) is 0 Å². The minimum atomic E-state index is -0.0751. The Hall–Kier alpha value is -2.04. The van der Waals surface area contributed by atoms with E-state index >= 15 is 0 Å². The third-order valence-electron chi connectivity index (χ3n) is 5.10. The lowest BCUT2D eigenvalue weighted by atomic mass is 10.1. The van der Waals surface area contributed by atoms with Crippen molar-refractivity contribution < 1.29 is 9.59 Å². The van der Waals surface area contributed by atoms with Crippen LogP contribution in [0.25, 0.3) is 0 Å². The molecular formula is C20H29N3O2. The summed E-state index contributed by atoms with van der Waals surface area (Å²) in [7, 11) is 0. The maximum atomic E-state index is 12.7. The van der Waals surface area contributed by atoms with E-state index in [4.69, 9.17) is 0 Å². The number of hydrogen-bond donors (Lipinski definition) is 2. The van der Waals surface area contributed by atoms with Crippen molar-refractivity contribution in [3.05, 3.63) is 23.8 Å². The van der Waals surface area contributed by atoms with Crippen molar-refractivity contribution in [2.24, 2.45) is 5.92 Å². The zero-order valence-corrected chi connectivity index (χ0v) is 15.3. The number of carbonyl (C=O) groups is 2. The number of carbonyl (C=O) groups excluding carboxylic acids is 2. The average molecular weight is 343 g/mol. The molecule has 5 nitrogen and oxygen atoms in total. The van der Waals surface area contributed by atoms with Gasteiger partial charge in [0.25, 0.3) is 5.91 Å². The van der Waals surface area contributed by atoms with Gasteiger partial charge in [0, 0.05) is 36.4 Å². The molecule has 2 fully saturated rings. The second kappa shape index (κ2) is 7.89. The van der Waals surface area contributed by atoms with Crippen LogP contribution in [0, 0.1) is 5.92 Å². The Morgan fingerprint density at radius 1 is 1.08 bits per heavy atom. The standard InChI is InChI=1S/C20H29N3O2/c1-14(2)21-20(25)17-13-16(22-19(24)15-7-3-4-8-15)9-10-18(17)23-11-5-6-12-23/h9-10,13-15H,3-8,11-12H2,1-2H3,(H,21,25)(H,22,24). The summed E-state index contributed by atoms with van der Waals surface area (Å²) < 4.78 is 0. The van der Waals surface area contributed by atoms with E-state index in [1.807, 2.05) is 32.0 Å². The number of rotatable bonds is 5. The molecule has 1 heterocycles. The first-order valence-corrected chi connectivity index (χ1v) is 9.55. The second-order valence-electron chi connectivity index (χ2n) is 7.52. The van der Waals surface area contributed by atoms with Crippen LogP contribution < -0.4 is 15.5 Å².